The minimum Gasteiger partial charge on any atom is -0.385 e. The van der Waals surface area contributed by atoms with Crippen molar-refractivity contribution in [3.8, 4) is 0 Å². The fraction of sp³-hybridized carbons (Fsp3) is 0.375. The molecule has 1 aliphatic rings. The summed E-state index contributed by atoms with van der Waals surface area (Å²) in [6, 6.07) is 11.3. The van der Waals surface area contributed by atoms with Crippen LogP contribution in [-0.4, -0.2) is 23.0 Å². The maximum atomic E-state index is 13.1. The third kappa shape index (κ3) is 7.36. The highest BCUT2D eigenvalue weighted by atomic mass is 19.1. The van der Waals surface area contributed by atoms with Gasteiger partial charge in [0.2, 0.25) is 0 Å². The Morgan fingerprint density at radius 2 is 1.69 bits per heavy atom. The van der Waals surface area contributed by atoms with E-state index < -0.39 is 0 Å². The molecule has 0 saturated carbocycles. The molecule has 0 bridgehead atoms. The molecule has 3 aromatic rings. The zero-order chi connectivity index (χ0) is 26.8. The average molecular weight is 490 g/mol. The first-order valence-corrected chi connectivity index (χ1v) is 13.1. The number of aryl methyl sites for hydroxylation is 1. The molecule has 0 atom stereocenters. The summed E-state index contributed by atoms with van der Waals surface area (Å²) >= 11 is 0. The molecule has 2 heterocycles. The summed E-state index contributed by atoms with van der Waals surface area (Å²) in [5.74, 6) is 1.12. The van der Waals surface area contributed by atoms with Crippen molar-refractivity contribution in [3.05, 3.63) is 89.8 Å². The number of nitrogens with one attached hydrogen (secondary N) is 1. The van der Waals surface area contributed by atoms with Gasteiger partial charge in [-0.25, -0.2) is 4.39 Å². The van der Waals surface area contributed by atoms with Crippen LogP contribution in [0.15, 0.2) is 61.7 Å². The standard InChI is InChI=1S/C26H30FN3.C4H8.C2H6/c1-4-20-15-25-24(22(5-2)26(28)29-25)16-23(20)17(3)30-12-10-19(11-13-30)14-18-6-8-21(27)9-7-18;1-4(2)3;1-2/h5-9,15-16,19,29H,2-4,10-14,28H2,1H3;1H2,2-3H3;1-2H3. The van der Waals surface area contributed by atoms with Crippen molar-refractivity contribution in [3.63, 3.8) is 0 Å². The molecule has 0 aliphatic carbocycles. The van der Waals surface area contributed by atoms with Crippen molar-refractivity contribution in [2.24, 2.45) is 5.92 Å². The summed E-state index contributed by atoms with van der Waals surface area (Å²) < 4.78 is 13.1. The maximum absolute atomic E-state index is 13.1. The Hall–Kier alpha value is -3.27. The Bertz CT molecular complexity index is 1160. The molecule has 2 aromatic carbocycles. The van der Waals surface area contributed by atoms with Crippen LogP contribution < -0.4 is 5.73 Å². The quantitative estimate of drug-likeness (QED) is 0.340. The van der Waals surface area contributed by atoms with Gasteiger partial charge in [0.05, 0.1) is 0 Å². The molecular weight excluding hydrogens is 445 g/mol. The van der Waals surface area contributed by atoms with E-state index in [9.17, 15) is 4.39 Å². The molecular formula is C32H44FN3. The average Bonchev–Trinajstić information content (AvgIpc) is 3.19. The molecule has 0 spiro atoms. The van der Waals surface area contributed by atoms with Crippen molar-refractivity contribution in [1.29, 1.82) is 0 Å². The second-order valence-electron chi connectivity index (χ2n) is 9.48. The van der Waals surface area contributed by atoms with Gasteiger partial charge in [-0.05, 0) is 80.8 Å². The number of nitrogens with two attached hydrogens (primary N) is 1. The Kier molecular flexibility index (Phi) is 11.0. The smallest absolute Gasteiger partial charge is 0.123 e. The Balaban J connectivity index is 0.000000694. The number of hydrogen-bond donors (Lipinski definition) is 2. The topological polar surface area (TPSA) is 45.1 Å². The Morgan fingerprint density at radius 1 is 1.11 bits per heavy atom. The lowest BCUT2D eigenvalue weighted by Gasteiger charge is -2.35. The number of aromatic amines is 1. The molecule has 0 radical (unpaired) electrons. The minimum atomic E-state index is -0.169. The summed E-state index contributed by atoms with van der Waals surface area (Å²) in [6.07, 6.45) is 6.00. The van der Waals surface area contributed by atoms with E-state index in [0.29, 0.717) is 11.7 Å². The highest BCUT2D eigenvalue weighted by Gasteiger charge is 2.22. The lowest BCUT2D eigenvalue weighted by atomic mass is 9.89. The molecule has 1 fully saturated rings. The number of anilines is 1. The van der Waals surface area contributed by atoms with E-state index in [2.05, 4.69) is 48.7 Å². The first kappa shape index (κ1) is 29.0. The van der Waals surface area contributed by atoms with Gasteiger partial charge in [0.25, 0.3) is 0 Å². The van der Waals surface area contributed by atoms with E-state index in [0.717, 1.165) is 60.9 Å². The van der Waals surface area contributed by atoms with Crippen LogP contribution in [0.4, 0.5) is 10.2 Å². The molecule has 0 unspecified atom stereocenters. The number of fused-ring (bicyclic) bond motifs is 1. The first-order valence-electron chi connectivity index (χ1n) is 13.1. The van der Waals surface area contributed by atoms with E-state index in [1.54, 1.807) is 12.1 Å². The Labute approximate surface area is 217 Å². The van der Waals surface area contributed by atoms with Crippen molar-refractivity contribution < 1.29 is 4.39 Å². The van der Waals surface area contributed by atoms with Gasteiger partial charge in [0.15, 0.2) is 0 Å². The number of likely N-dealkylation sites (tertiary alicyclic amines) is 1. The van der Waals surface area contributed by atoms with Crippen LogP contribution in [-0.2, 0) is 12.8 Å². The molecule has 1 aliphatic heterocycles. The van der Waals surface area contributed by atoms with Gasteiger partial charge in [-0.1, -0.05) is 57.7 Å². The third-order valence-electron chi connectivity index (χ3n) is 6.42. The van der Waals surface area contributed by atoms with E-state index in [1.807, 2.05) is 45.9 Å². The van der Waals surface area contributed by atoms with Gasteiger partial charge in [-0.15, -0.1) is 6.58 Å². The maximum Gasteiger partial charge on any atom is 0.123 e. The summed E-state index contributed by atoms with van der Waals surface area (Å²) in [5, 5.41) is 1.10. The monoisotopic (exact) mass is 489 g/mol. The van der Waals surface area contributed by atoms with Crippen LogP contribution in [0.2, 0.25) is 0 Å². The second kappa shape index (κ2) is 13.7. The van der Waals surface area contributed by atoms with Crippen LogP contribution in [0.5, 0.6) is 0 Å². The SMILES string of the molecule is C=C(C)C.C=Cc1c(N)[nH]c2cc(CC)c(C(=C)N3CCC(Cc4ccc(F)cc4)CC3)cc12.CC. The zero-order valence-electron chi connectivity index (χ0n) is 22.9. The number of nitrogens with zero attached hydrogens (tertiary/aromatic N) is 1. The largest absolute Gasteiger partial charge is 0.385 e. The molecule has 1 aromatic heterocycles. The number of allylic oxidation sites excluding steroid dienone is 1. The lowest BCUT2D eigenvalue weighted by Crippen LogP contribution is -2.33. The van der Waals surface area contributed by atoms with Crippen molar-refractivity contribution >= 4 is 28.5 Å². The number of hydrogen-bond acceptors (Lipinski definition) is 2. The summed E-state index contributed by atoms with van der Waals surface area (Å²) in [4.78, 5) is 5.68. The van der Waals surface area contributed by atoms with Crippen molar-refractivity contribution in [2.75, 3.05) is 18.8 Å². The van der Waals surface area contributed by atoms with Crippen LogP contribution in [0.25, 0.3) is 22.7 Å². The molecule has 0 amide bonds. The van der Waals surface area contributed by atoms with Gasteiger partial charge in [-0.3, -0.25) is 0 Å². The first-order chi connectivity index (χ1) is 17.2. The number of piperidine rings is 1. The fourth-order valence-corrected chi connectivity index (χ4v) is 4.64. The number of benzene rings is 2. The predicted octanol–water partition coefficient (Wildman–Crippen LogP) is 8.63. The highest BCUT2D eigenvalue weighted by Crippen LogP contribution is 2.34. The molecule has 1 saturated heterocycles. The summed E-state index contributed by atoms with van der Waals surface area (Å²) in [6.45, 7) is 24.0. The van der Waals surface area contributed by atoms with Crippen LogP contribution in [0, 0.1) is 11.7 Å². The van der Waals surface area contributed by atoms with Gasteiger partial charge in [0.1, 0.15) is 11.6 Å². The number of nitrogen functional groups attached to an aromatic ring is 1. The van der Waals surface area contributed by atoms with E-state index in [-0.39, 0.29) is 5.82 Å². The van der Waals surface area contributed by atoms with Gasteiger partial charge >= 0.3 is 0 Å². The molecule has 194 valence electrons. The zero-order valence-corrected chi connectivity index (χ0v) is 22.9. The van der Waals surface area contributed by atoms with E-state index in [4.69, 9.17) is 5.73 Å². The fourth-order valence-electron chi connectivity index (χ4n) is 4.64. The second-order valence-corrected chi connectivity index (χ2v) is 9.48. The Morgan fingerprint density at radius 3 is 2.22 bits per heavy atom. The molecule has 4 rings (SSSR count). The van der Waals surface area contributed by atoms with Crippen LogP contribution in [0.3, 0.4) is 0 Å². The molecule has 3 N–H and O–H groups in total. The molecule has 36 heavy (non-hydrogen) atoms. The van der Waals surface area contributed by atoms with Crippen molar-refractivity contribution in [2.45, 2.75) is 60.3 Å². The number of aromatic nitrogens is 1. The number of rotatable bonds is 6. The van der Waals surface area contributed by atoms with E-state index in [1.165, 1.54) is 22.3 Å². The normalized spacial score (nSPS) is 13.3. The minimum absolute atomic E-state index is 0.169. The number of H-pyrrole nitrogens is 1. The predicted molar refractivity (Wildman–Crippen MR) is 157 cm³/mol. The van der Waals surface area contributed by atoms with Crippen LogP contribution >= 0.6 is 0 Å². The van der Waals surface area contributed by atoms with Gasteiger partial charge in [-0.2, -0.15) is 0 Å². The molecule has 3 nitrogen and oxygen atoms in total. The lowest BCUT2D eigenvalue weighted by molar-refractivity contribution is 0.254. The summed E-state index contributed by atoms with van der Waals surface area (Å²) in [7, 11) is 0. The van der Waals surface area contributed by atoms with Crippen molar-refractivity contribution in [1.82, 2.24) is 9.88 Å². The third-order valence-corrected chi connectivity index (χ3v) is 6.42. The van der Waals surface area contributed by atoms with Gasteiger partial charge in [0, 0.05) is 40.8 Å². The van der Waals surface area contributed by atoms with Crippen LogP contribution in [0.1, 0.15) is 69.7 Å². The van der Waals surface area contributed by atoms with E-state index >= 15 is 0 Å². The molecule has 4 heteroatoms. The summed E-state index contributed by atoms with van der Waals surface area (Å²) in [5.41, 5.74) is 14.1. The number of halogens is 1. The van der Waals surface area contributed by atoms with Gasteiger partial charge < -0.3 is 15.6 Å². The highest BCUT2D eigenvalue weighted by molar-refractivity contribution is 5.96.